The predicted molar refractivity (Wildman–Crippen MR) is 68.9 cm³/mol. The van der Waals surface area contributed by atoms with Crippen LogP contribution in [0.4, 0.5) is 4.39 Å². The average Bonchev–Trinajstić information content (AvgIpc) is 2.34. The molecule has 1 aromatic rings. The molecule has 2 atom stereocenters. The van der Waals surface area contributed by atoms with Gasteiger partial charge >= 0.3 is 5.97 Å². The number of aliphatic carboxylic acids is 1. The third-order valence-electron chi connectivity index (χ3n) is 3.21. The summed E-state index contributed by atoms with van der Waals surface area (Å²) in [6.45, 7) is 6.82. The van der Waals surface area contributed by atoms with Gasteiger partial charge in [0.1, 0.15) is 5.82 Å². The fraction of sp³-hybridized carbons (Fsp3) is 0.500. The summed E-state index contributed by atoms with van der Waals surface area (Å²) in [5.74, 6) is -1.50. The summed E-state index contributed by atoms with van der Waals surface area (Å²) in [5, 5.41) is 8.94. The Morgan fingerprint density at radius 3 is 2.61 bits per heavy atom. The maximum Gasteiger partial charge on any atom is 0.307 e. The number of carboxylic acids is 1. The lowest BCUT2D eigenvalue weighted by atomic mass is 10.0. The van der Waals surface area contributed by atoms with E-state index in [0.717, 1.165) is 12.1 Å². The summed E-state index contributed by atoms with van der Waals surface area (Å²) >= 11 is 0. The minimum atomic E-state index is -0.806. The van der Waals surface area contributed by atoms with Crippen molar-refractivity contribution >= 4 is 5.97 Å². The Balaban J connectivity index is 2.79. The number of nitrogens with zero attached hydrogens (tertiary/aromatic N) is 1. The van der Waals surface area contributed by atoms with Gasteiger partial charge < -0.3 is 5.11 Å². The van der Waals surface area contributed by atoms with Gasteiger partial charge in [0.25, 0.3) is 0 Å². The summed E-state index contributed by atoms with van der Waals surface area (Å²) in [5.41, 5.74) is 0.870. The molecule has 0 heterocycles. The average molecular weight is 253 g/mol. The third kappa shape index (κ3) is 3.81. The molecule has 18 heavy (non-hydrogen) atoms. The van der Waals surface area contributed by atoms with Crippen molar-refractivity contribution in [2.24, 2.45) is 5.92 Å². The van der Waals surface area contributed by atoms with Crippen molar-refractivity contribution in [3.63, 3.8) is 0 Å². The Labute approximate surface area is 107 Å². The summed E-state index contributed by atoms with van der Waals surface area (Å²) in [6.07, 6.45) is 0. The van der Waals surface area contributed by atoms with Gasteiger partial charge in [0, 0.05) is 12.6 Å². The molecule has 0 radical (unpaired) electrons. The molecule has 3 nitrogen and oxygen atoms in total. The first-order chi connectivity index (χ1) is 8.45. The SMILES string of the molecule is CCN(CC(C)C(=O)O)C(C)c1cccc(F)c1. The number of benzene rings is 1. The second kappa shape index (κ2) is 6.50. The molecule has 0 amide bonds. The zero-order valence-corrected chi connectivity index (χ0v) is 11.1. The summed E-state index contributed by atoms with van der Waals surface area (Å²) in [4.78, 5) is 12.9. The van der Waals surface area contributed by atoms with E-state index in [-0.39, 0.29) is 11.9 Å². The molecule has 0 aliphatic rings. The molecule has 0 aliphatic heterocycles. The van der Waals surface area contributed by atoms with Gasteiger partial charge in [-0.3, -0.25) is 9.69 Å². The van der Waals surface area contributed by atoms with Crippen molar-refractivity contribution in [1.82, 2.24) is 4.90 Å². The lowest BCUT2D eigenvalue weighted by Gasteiger charge is -2.29. The zero-order chi connectivity index (χ0) is 13.7. The Bertz CT molecular complexity index is 409. The van der Waals surface area contributed by atoms with Crippen LogP contribution in [0.15, 0.2) is 24.3 Å². The second-order valence-corrected chi connectivity index (χ2v) is 4.56. The van der Waals surface area contributed by atoms with Crippen LogP contribution in [-0.4, -0.2) is 29.1 Å². The fourth-order valence-electron chi connectivity index (χ4n) is 1.97. The Morgan fingerprint density at radius 1 is 1.44 bits per heavy atom. The summed E-state index contributed by atoms with van der Waals surface area (Å²) in [7, 11) is 0. The largest absolute Gasteiger partial charge is 0.481 e. The van der Waals surface area contributed by atoms with Gasteiger partial charge in [-0.05, 0) is 31.2 Å². The van der Waals surface area contributed by atoms with Gasteiger partial charge in [0.05, 0.1) is 5.92 Å². The van der Waals surface area contributed by atoms with Crippen LogP contribution in [0.2, 0.25) is 0 Å². The molecule has 1 aromatic carbocycles. The standard InChI is InChI=1S/C14H20FNO2/c1-4-16(9-10(2)14(17)18)11(3)12-6-5-7-13(15)8-12/h5-8,10-11H,4,9H2,1-3H3,(H,17,18). The molecule has 0 spiro atoms. The molecule has 4 heteroatoms. The molecule has 0 aliphatic carbocycles. The van der Waals surface area contributed by atoms with E-state index >= 15 is 0 Å². The second-order valence-electron chi connectivity index (χ2n) is 4.56. The van der Waals surface area contributed by atoms with Gasteiger partial charge in [-0.15, -0.1) is 0 Å². The Hall–Kier alpha value is -1.42. The highest BCUT2D eigenvalue weighted by Crippen LogP contribution is 2.21. The van der Waals surface area contributed by atoms with E-state index in [9.17, 15) is 9.18 Å². The quantitative estimate of drug-likeness (QED) is 0.847. The van der Waals surface area contributed by atoms with Gasteiger partial charge in [0.2, 0.25) is 0 Å². The van der Waals surface area contributed by atoms with E-state index < -0.39 is 11.9 Å². The molecule has 0 saturated carbocycles. The normalized spacial score (nSPS) is 14.5. The van der Waals surface area contributed by atoms with Crippen LogP contribution < -0.4 is 0 Å². The number of halogens is 1. The first-order valence-corrected chi connectivity index (χ1v) is 6.18. The maximum absolute atomic E-state index is 13.2. The summed E-state index contributed by atoms with van der Waals surface area (Å²) < 4.78 is 13.2. The summed E-state index contributed by atoms with van der Waals surface area (Å²) in [6, 6.07) is 6.45. The molecule has 0 bridgehead atoms. The van der Waals surface area contributed by atoms with Gasteiger partial charge in [-0.1, -0.05) is 26.0 Å². The van der Waals surface area contributed by atoms with E-state index in [4.69, 9.17) is 5.11 Å². The topological polar surface area (TPSA) is 40.5 Å². The molecule has 0 fully saturated rings. The zero-order valence-electron chi connectivity index (χ0n) is 11.1. The number of carboxylic acid groups (broad SMARTS) is 1. The number of carbonyl (C=O) groups is 1. The van der Waals surface area contributed by atoms with Crippen molar-refractivity contribution in [1.29, 1.82) is 0 Å². The van der Waals surface area contributed by atoms with E-state index in [1.54, 1.807) is 13.0 Å². The van der Waals surface area contributed by atoms with Gasteiger partial charge in [0.15, 0.2) is 0 Å². The Kier molecular flexibility index (Phi) is 5.28. The Morgan fingerprint density at radius 2 is 2.11 bits per heavy atom. The highest BCUT2D eigenvalue weighted by atomic mass is 19.1. The van der Waals surface area contributed by atoms with Crippen molar-refractivity contribution in [2.45, 2.75) is 26.8 Å². The predicted octanol–water partition coefficient (Wildman–Crippen LogP) is 2.93. The van der Waals surface area contributed by atoms with Crippen molar-refractivity contribution in [3.8, 4) is 0 Å². The van der Waals surface area contributed by atoms with E-state index in [1.807, 2.05) is 24.8 Å². The van der Waals surface area contributed by atoms with Crippen LogP contribution in [0.25, 0.3) is 0 Å². The molecule has 100 valence electrons. The first kappa shape index (κ1) is 14.6. The monoisotopic (exact) mass is 253 g/mol. The molecule has 1 N–H and O–H groups in total. The van der Waals surface area contributed by atoms with Crippen molar-refractivity contribution in [3.05, 3.63) is 35.6 Å². The minimum absolute atomic E-state index is 0.00694. The van der Waals surface area contributed by atoms with Crippen LogP contribution >= 0.6 is 0 Å². The van der Waals surface area contributed by atoms with Gasteiger partial charge in [-0.25, -0.2) is 4.39 Å². The molecule has 0 aromatic heterocycles. The van der Waals surface area contributed by atoms with E-state index in [2.05, 4.69) is 0 Å². The van der Waals surface area contributed by atoms with E-state index in [0.29, 0.717) is 6.54 Å². The lowest BCUT2D eigenvalue weighted by molar-refractivity contribution is -0.141. The molecule has 1 rings (SSSR count). The number of hydrogen-bond acceptors (Lipinski definition) is 2. The first-order valence-electron chi connectivity index (χ1n) is 6.18. The lowest BCUT2D eigenvalue weighted by Crippen LogP contribution is -2.33. The highest BCUT2D eigenvalue weighted by molar-refractivity contribution is 5.69. The highest BCUT2D eigenvalue weighted by Gasteiger charge is 2.20. The van der Waals surface area contributed by atoms with Gasteiger partial charge in [-0.2, -0.15) is 0 Å². The molecule has 0 saturated heterocycles. The molecular weight excluding hydrogens is 233 g/mol. The number of hydrogen-bond donors (Lipinski definition) is 1. The third-order valence-corrected chi connectivity index (χ3v) is 3.21. The van der Waals surface area contributed by atoms with Crippen LogP contribution in [0, 0.1) is 11.7 Å². The number of rotatable bonds is 6. The maximum atomic E-state index is 13.2. The molecule has 2 unspecified atom stereocenters. The minimum Gasteiger partial charge on any atom is -0.481 e. The molecular formula is C14H20FNO2. The van der Waals surface area contributed by atoms with Crippen molar-refractivity contribution in [2.75, 3.05) is 13.1 Å². The van der Waals surface area contributed by atoms with Crippen LogP contribution in [-0.2, 0) is 4.79 Å². The smallest absolute Gasteiger partial charge is 0.307 e. The van der Waals surface area contributed by atoms with Crippen LogP contribution in [0.5, 0.6) is 0 Å². The van der Waals surface area contributed by atoms with Crippen LogP contribution in [0.1, 0.15) is 32.4 Å². The fourth-order valence-corrected chi connectivity index (χ4v) is 1.97. The van der Waals surface area contributed by atoms with E-state index in [1.165, 1.54) is 12.1 Å². The van der Waals surface area contributed by atoms with Crippen molar-refractivity contribution < 1.29 is 14.3 Å². The van der Waals surface area contributed by atoms with Crippen LogP contribution in [0.3, 0.4) is 0 Å².